The van der Waals surface area contributed by atoms with Crippen LogP contribution in [0.3, 0.4) is 0 Å². The van der Waals surface area contributed by atoms with Crippen LogP contribution >= 0.6 is 11.6 Å². The van der Waals surface area contributed by atoms with E-state index in [-0.39, 0.29) is 23.9 Å². The summed E-state index contributed by atoms with van der Waals surface area (Å²) >= 11 is 5.91. The largest absolute Gasteiger partial charge is 0.460 e. The number of benzene rings is 1. The van der Waals surface area contributed by atoms with Gasteiger partial charge in [-0.15, -0.1) is 0 Å². The number of carbonyl (C=O) groups excluding carboxylic acids is 1. The van der Waals surface area contributed by atoms with Gasteiger partial charge in [0, 0.05) is 11.6 Å². The molecule has 0 spiro atoms. The van der Waals surface area contributed by atoms with Crippen molar-refractivity contribution in [2.45, 2.75) is 26.9 Å². The van der Waals surface area contributed by atoms with Crippen molar-refractivity contribution in [3.8, 4) is 0 Å². The molecular weight excluding hydrogens is 262 g/mol. The molecule has 4 heteroatoms. The first-order valence-corrected chi connectivity index (χ1v) is 7.05. The van der Waals surface area contributed by atoms with Crippen LogP contribution in [0.2, 0.25) is 5.02 Å². The van der Waals surface area contributed by atoms with Crippen LogP contribution in [0.25, 0.3) is 0 Å². The van der Waals surface area contributed by atoms with Gasteiger partial charge >= 0.3 is 5.97 Å². The lowest BCUT2D eigenvalue weighted by atomic mass is 9.76. The summed E-state index contributed by atoms with van der Waals surface area (Å²) in [6.07, 6.45) is 0.846. The van der Waals surface area contributed by atoms with Crippen LogP contribution in [0.15, 0.2) is 24.3 Å². The molecular formula is C15H20ClNO2. The van der Waals surface area contributed by atoms with Gasteiger partial charge in [0.25, 0.3) is 0 Å². The number of hydrogen-bond acceptors (Lipinski definition) is 3. The van der Waals surface area contributed by atoms with Crippen LogP contribution in [0.4, 0.5) is 0 Å². The van der Waals surface area contributed by atoms with Gasteiger partial charge in [0.15, 0.2) is 0 Å². The van der Waals surface area contributed by atoms with Gasteiger partial charge < -0.3 is 10.1 Å². The highest BCUT2D eigenvalue weighted by Crippen LogP contribution is 2.35. The van der Waals surface area contributed by atoms with Crippen molar-refractivity contribution >= 4 is 17.6 Å². The number of ether oxygens (including phenoxy) is 1. The van der Waals surface area contributed by atoms with Gasteiger partial charge in [0.05, 0.1) is 5.41 Å². The summed E-state index contributed by atoms with van der Waals surface area (Å²) < 4.78 is 5.49. The third-order valence-corrected chi connectivity index (χ3v) is 4.19. The second kappa shape index (κ2) is 5.93. The van der Waals surface area contributed by atoms with E-state index < -0.39 is 0 Å². The molecule has 1 saturated heterocycles. The van der Waals surface area contributed by atoms with Gasteiger partial charge in [-0.25, -0.2) is 0 Å². The highest BCUT2D eigenvalue weighted by Gasteiger charge is 2.45. The fourth-order valence-electron chi connectivity index (χ4n) is 2.53. The molecule has 1 unspecified atom stereocenters. The summed E-state index contributed by atoms with van der Waals surface area (Å²) in [4.78, 5) is 12.4. The second-order valence-electron chi connectivity index (χ2n) is 5.44. The van der Waals surface area contributed by atoms with Gasteiger partial charge in [0.2, 0.25) is 0 Å². The molecule has 1 heterocycles. The Morgan fingerprint density at radius 1 is 1.53 bits per heavy atom. The van der Waals surface area contributed by atoms with E-state index in [0.717, 1.165) is 18.5 Å². The maximum absolute atomic E-state index is 12.4. The Morgan fingerprint density at radius 3 is 2.89 bits per heavy atom. The van der Waals surface area contributed by atoms with Crippen LogP contribution in [-0.2, 0) is 16.1 Å². The molecule has 19 heavy (non-hydrogen) atoms. The highest BCUT2D eigenvalue weighted by molar-refractivity contribution is 6.30. The molecule has 1 fully saturated rings. The van der Waals surface area contributed by atoms with Gasteiger partial charge in [0.1, 0.15) is 6.61 Å². The third-order valence-electron chi connectivity index (χ3n) is 3.96. The summed E-state index contributed by atoms with van der Waals surface area (Å²) in [5.41, 5.74) is 0.546. The van der Waals surface area contributed by atoms with Crippen LogP contribution in [0.1, 0.15) is 25.8 Å². The minimum Gasteiger partial charge on any atom is -0.460 e. The van der Waals surface area contributed by atoms with E-state index in [2.05, 4.69) is 19.2 Å². The maximum atomic E-state index is 12.4. The van der Waals surface area contributed by atoms with Gasteiger partial charge in [-0.1, -0.05) is 37.6 Å². The summed E-state index contributed by atoms with van der Waals surface area (Å²) in [5, 5.41) is 3.92. The number of hydrogen-bond donors (Lipinski definition) is 1. The Morgan fingerprint density at radius 2 is 2.32 bits per heavy atom. The summed E-state index contributed by atoms with van der Waals surface area (Å²) in [6.45, 7) is 6.03. The van der Waals surface area contributed by atoms with E-state index in [4.69, 9.17) is 16.3 Å². The Labute approximate surface area is 119 Å². The molecule has 1 N–H and O–H groups in total. The van der Waals surface area contributed by atoms with Crippen molar-refractivity contribution in [2.75, 3.05) is 13.1 Å². The molecule has 1 aromatic carbocycles. The fourth-order valence-corrected chi connectivity index (χ4v) is 2.75. The average molecular weight is 282 g/mol. The summed E-state index contributed by atoms with van der Waals surface area (Å²) in [7, 11) is 0. The van der Waals surface area contributed by atoms with Gasteiger partial charge in [-0.2, -0.15) is 0 Å². The number of halogens is 1. The van der Waals surface area contributed by atoms with E-state index in [9.17, 15) is 4.79 Å². The normalized spacial score (nSPS) is 22.7. The number of carbonyl (C=O) groups is 1. The Kier molecular flexibility index (Phi) is 4.48. The number of nitrogens with one attached hydrogen (secondary N) is 1. The van der Waals surface area contributed by atoms with Crippen molar-refractivity contribution in [1.82, 2.24) is 5.32 Å². The zero-order valence-electron chi connectivity index (χ0n) is 11.4. The molecule has 104 valence electrons. The summed E-state index contributed by atoms with van der Waals surface area (Å²) in [5.74, 6) is 0.168. The Bertz CT molecular complexity index is 453. The van der Waals surface area contributed by atoms with E-state index in [1.807, 2.05) is 24.3 Å². The molecule has 1 aliphatic heterocycles. The SMILES string of the molecule is CC(C)C1(C(=O)OCc2cccc(Cl)c2)CCNC1. The molecule has 0 bridgehead atoms. The van der Waals surface area contributed by atoms with Crippen molar-refractivity contribution in [3.05, 3.63) is 34.9 Å². The molecule has 0 saturated carbocycles. The minimum absolute atomic E-state index is 0.104. The Hall–Kier alpha value is -1.06. The molecule has 1 atom stereocenters. The second-order valence-corrected chi connectivity index (χ2v) is 5.88. The topological polar surface area (TPSA) is 38.3 Å². The highest BCUT2D eigenvalue weighted by atomic mass is 35.5. The first kappa shape index (κ1) is 14.4. The Balaban J connectivity index is 2.00. The van der Waals surface area contributed by atoms with Crippen molar-refractivity contribution in [3.63, 3.8) is 0 Å². The molecule has 1 aromatic rings. The zero-order valence-corrected chi connectivity index (χ0v) is 12.2. The van der Waals surface area contributed by atoms with Crippen LogP contribution in [0, 0.1) is 11.3 Å². The van der Waals surface area contributed by atoms with Crippen molar-refractivity contribution < 1.29 is 9.53 Å². The van der Waals surface area contributed by atoms with Crippen LogP contribution < -0.4 is 5.32 Å². The zero-order chi connectivity index (χ0) is 13.9. The quantitative estimate of drug-likeness (QED) is 0.862. The standard InChI is InChI=1S/C15H20ClNO2/c1-11(2)15(6-7-17-10-15)14(18)19-9-12-4-3-5-13(16)8-12/h3-5,8,11,17H,6-7,9-10H2,1-2H3. The maximum Gasteiger partial charge on any atom is 0.314 e. The first-order valence-electron chi connectivity index (χ1n) is 6.67. The fraction of sp³-hybridized carbons (Fsp3) is 0.533. The van der Waals surface area contributed by atoms with Crippen molar-refractivity contribution in [2.24, 2.45) is 11.3 Å². The van der Waals surface area contributed by atoms with Crippen LogP contribution in [0.5, 0.6) is 0 Å². The van der Waals surface area contributed by atoms with Crippen molar-refractivity contribution in [1.29, 1.82) is 0 Å². The van der Waals surface area contributed by atoms with Crippen LogP contribution in [-0.4, -0.2) is 19.1 Å². The molecule has 3 nitrogen and oxygen atoms in total. The summed E-state index contributed by atoms with van der Waals surface area (Å²) in [6, 6.07) is 7.40. The van der Waals surface area contributed by atoms with Gasteiger partial charge in [-0.05, 0) is 36.6 Å². The van der Waals surface area contributed by atoms with Gasteiger partial charge in [-0.3, -0.25) is 4.79 Å². The molecule has 2 rings (SSSR count). The predicted octanol–water partition coefficient (Wildman–Crippen LogP) is 3.02. The molecule has 0 amide bonds. The molecule has 0 aliphatic carbocycles. The number of rotatable bonds is 4. The third kappa shape index (κ3) is 3.10. The average Bonchev–Trinajstić information content (AvgIpc) is 2.86. The number of esters is 1. The predicted molar refractivity (Wildman–Crippen MR) is 76.0 cm³/mol. The monoisotopic (exact) mass is 281 g/mol. The molecule has 1 aliphatic rings. The first-order chi connectivity index (χ1) is 9.04. The lowest BCUT2D eigenvalue weighted by Gasteiger charge is -2.29. The smallest absolute Gasteiger partial charge is 0.314 e. The molecule has 0 radical (unpaired) electrons. The lowest BCUT2D eigenvalue weighted by molar-refractivity contribution is -0.159. The minimum atomic E-state index is -0.376. The van der Waals surface area contributed by atoms with E-state index >= 15 is 0 Å². The molecule has 0 aromatic heterocycles. The van der Waals surface area contributed by atoms with E-state index in [1.54, 1.807) is 0 Å². The van der Waals surface area contributed by atoms with E-state index in [1.165, 1.54) is 0 Å². The lowest BCUT2D eigenvalue weighted by Crippen LogP contribution is -2.39. The van der Waals surface area contributed by atoms with E-state index in [0.29, 0.717) is 11.6 Å².